The summed E-state index contributed by atoms with van der Waals surface area (Å²) < 4.78 is 10.9. The van der Waals surface area contributed by atoms with Gasteiger partial charge in [0.25, 0.3) is 5.91 Å². The Morgan fingerprint density at radius 3 is 2.58 bits per heavy atom. The molecule has 2 rings (SSSR count). The quantitative estimate of drug-likeness (QED) is 0.328. The summed E-state index contributed by atoms with van der Waals surface area (Å²) in [5, 5.41) is 11.5. The smallest absolute Gasteiger partial charge is 0.411 e. The van der Waals surface area contributed by atoms with Crippen molar-refractivity contribution in [3.05, 3.63) is 29.3 Å². The van der Waals surface area contributed by atoms with E-state index in [1.54, 1.807) is 32.9 Å². The Labute approximate surface area is 183 Å². The van der Waals surface area contributed by atoms with Crippen LogP contribution >= 0.6 is 0 Å². The fourth-order valence-corrected chi connectivity index (χ4v) is 3.28. The van der Waals surface area contributed by atoms with Crippen molar-refractivity contribution in [1.82, 2.24) is 15.7 Å². The van der Waals surface area contributed by atoms with E-state index in [2.05, 4.69) is 12.2 Å². The summed E-state index contributed by atoms with van der Waals surface area (Å²) in [6, 6.07) is 4.58. The lowest BCUT2D eigenvalue weighted by Gasteiger charge is -2.37. The van der Waals surface area contributed by atoms with Crippen LogP contribution in [-0.2, 0) is 27.3 Å². The minimum atomic E-state index is -0.692. The number of rotatable bonds is 8. The van der Waals surface area contributed by atoms with Crippen LogP contribution in [-0.4, -0.2) is 52.8 Å². The second-order valence-corrected chi connectivity index (χ2v) is 8.58. The molecule has 0 bridgehead atoms. The number of carbonyl (C=O) groups is 3. The van der Waals surface area contributed by atoms with E-state index < -0.39 is 23.6 Å². The van der Waals surface area contributed by atoms with E-state index in [0.717, 1.165) is 30.4 Å². The van der Waals surface area contributed by atoms with Gasteiger partial charge in [0.2, 0.25) is 5.91 Å². The summed E-state index contributed by atoms with van der Waals surface area (Å²) in [6.45, 7) is 7.84. The molecule has 0 radical (unpaired) electrons. The van der Waals surface area contributed by atoms with Crippen molar-refractivity contribution in [2.45, 2.75) is 71.6 Å². The largest absolute Gasteiger partial charge is 0.484 e. The van der Waals surface area contributed by atoms with Crippen molar-refractivity contribution in [3.8, 4) is 5.75 Å². The first-order chi connectivity index (χ1) is 14.6. The number of benzene rings is 1. The SMILES string of the molecule is CCCCCNC(=O)[C@@H]1Cc2ccc(OCC(=O)NO)cc2CN1C(=O)OC(C)(C)C. The van der Waals surface area contributed by atoms with E-state index in [9.17, 15) is 14.4 Å². The Hall–Kier alpha value is -2.81. The van der Waals surface area contributed by atoms with Gasteiger partial charge in [-0.15, -0.1) is 0 Å². The van der Waals surface area contributed by atoms with Crippen LogP contribution in [0.1, 0.15) is 58.1 Å². The van der Waals surface area contributed by atoms with Crippen LogP contribution in [0, 0.1) is 0 Å². The predicted molar refractivity (Wildman–Crippen MR) is 114 cm³/mol. The zero-order chi connectivity index (χ0) is 23.0. The van der Waals surface area contributed by atoms with Crippen molar-refractivity contribution < 1.29 is 29.1 Å². The molecule has 1 heterocycles. The molecule has 1 aliphatic heterocycles. The van der Waals surface area contributed by atoms with Crippen LogP contribution in [0.4, 0.5) is 4.79 Å². The first-order valence-electron chi connectivity index (χ1n) is 10.6. The Bertz CT molecular complexity index is 790. The molecule has 172 valence electrons. The Morgan fingerprint density at radius 1 is 1.19 bits per heavy atom. The van der Waals surface area contributed by atoms with Crippen LogP contribution in [0.3, 0.4) is 0 Å². The van der Waals surface area contributed by atoms with Gasteiger partial charge in [0, 0.05) is 13.0 Å². The number of unbranched alkanes of at least 4 members (excludes halogenated alkanes) is 2. The van der Waals surface area contributed by atoms with Gasteiger partial charge in [-0.3, -0.25) is 19.7 Å². The first kappa shape index (κ1) is 24.5. The minimum Gasteiger partial charge on any atom is -0.484 e. The van der Waals surface area contributed by atoms with Crippen molar-refractivity contribution in [2.75, 3.05) is 13.2 Å². The molecule has 9 heteroatoms. The fourth-order valence-electron chi connectivity index (χ4n) is 3.28. The third-order valence-corrected chi connectivity index (χ3v) is 4.81. The fraction of sp³-hybridized carbons (Fsp3) is 0.591. The second kappa shape index (κ2) is 11.0. The van der Waals surface area contributed by atoms with Crippen molar-refractivity contribution >= 4 is 17.9 Å². The zero-order valence-corrected chi connectivity index (χ0v) is 18.7. The molecule has 0 aliphatic carbocycles. The molecule has 0 saturated carbocycles. The molecule has 1 aromatic carbocycles. The van der Waals surface area contributed by atoms with E-state index in [0.29, 0.717) is 18.7 Å². The van der Waals surface area contributed by atoms with Crippen molar-refractivity contribution in [2.24, 2.45) is 0 Å². The highest BCUT2D eigenvalue weighted by Crippen LogP contribution is 2.28. The van der Waals surface area contributed by atoms with E-state index in [1.165, 1.54) is 10.4 Å². The summed E-state index contributed by atoms with van der Waals surface area (Å²) in [7, 11) is 0. The molecule has 9 nitrogen and oxygen atoms in total. The number of nitrogens with one attached hydrogen (secondary N) is 2. The lowest BCUT2D eigenvalue weighted by Crippen LogP contribution is -2.53. The van der Waals surface area contributed by atoms with Crippen LogP contribution in [0.2, 0.25) is 0 Å². The number of ether oxygens (including phenoxy) is 2. The highest BCUT2D eigenvalue weighted by molar-refractivity contribution is 5.86. The zero-order valence-electron chi connectivity index (χ0n) is 18.7. The molecule has 1 atom stereocenters. The minimum absolute atomic E-state index is 0.181. The van der Waals surface area contributed by atoms with Gasteiger partial charge in [0.15, 0.2) is 6.61 Å². The average molecular weight is 436 g/mol. The van der Waals surface area contributed by atoms with Gasteiger partial charge in [-0.1, -0.05) is 25.8 Å². The highest BCUT2D eigenvalue weighted by atomic mass is 16.6. The normalized spacial score (nSPS) is 15.6. The van der Waals surface area contributed by atoms with E-state index >= 15 is 0 Å². The Kier molecular flexibility index (Phi) is 8.67. The molecule has 3 amide bonds. The average Bonchev–Trinajstić information content (AvgIpc) is 2.72. The molecule has 31 heavy (non-hydrogen) atoms. The second-order valence-electron chi connectivity index (χ2n) is 8.58. The van der Waals surface area contributed by atoms with Gasteiger partial charge in [-0.25, -0.2) is 10.3 Å². The maximum absolute atomic E-state index is 12.9. The summed E-state index contributed by atoms with van der Waals surface area (Å²) in [5.41, 5.74) is 2.55. The van der Waals surface area contributed by atoms with Crippen molar-refractivity contribution in [3.63, 3.8) is 0 Å². The number of hydrogen-bond donors (Lipinski definition) is 3. The van der Waals surface area contributed by atoms with Gasteiger partial charge in [0.1, 0.15) is 17.4 Å². The van der Waals surface area contributed by atoms with Crippen LogP contribution < -0.4 is 15.5 Å². The van der Waals surface area contributed by atoms with E-state index in [-0.39, 0.29) is 19.1 Å². The molecule has 1 aromatic rings. The third kappa shape index (κ3) is 7.43. The van der Waals surface area contributed by atoms with Gasteiger partial charge in [-0.05, 0) is 50.5 Å². The van der Waals surface area contributed by atoms with Crippen LogP contribution in [0.5, 0.6) is 5.75 Å². The summed E-state index contributed by atoms with van der Waals surface area (Å²) >= 11 is 0. The summed E-state index contributed by atoms with van der Waals surface area (Å²) in [6.07, 6.45) is 2.77. The van der Waals surface area contributed by atoms with E-state index in [1.807, 2.05) is 6.07 Å². The van der Waals surface area contributed by atoms with Crippen molar-refractivity contribution in [1.29, 1.82) is 0 Å². The molecule has 0 spiro atoms. The Morgan fingerprint density at radius 2 is 1.94 bits per heavy atom. The molecule has 0 aromatic heterocycles. The van der Waals surface area contributed by atoms with Gasteiger partial charge < -0.3 is 14.8 Å². The number of nitrogens with zero attached hydrogens (tertiary/aromatic N) is 1. The monoisotopic (exact) mass is 435 g/mol. The van der Waals surface area contributed by atoms with Gasteiger partial charge in [0.05, 0.1) is 6.54 Å². The van der Waals surface area contributed by atoms with Crippen LogP contribution in [0.25, 0.3) is 0 Å². The molecular formula is C22H33N3O6. The molecule has 0 fully saturated rings. The molecule has 0 saturated heterocycles. The van der Waals surface area contributed by atoms with Gasteiger partial charge in [-0.2, -0.15) is 0 Å². The van der Waals surface area contributed by atoms with Gasteiger partial charge >= 0.3 is 6.09 Å². The first-order valence-corrected chi connectivity index (χ1v) is 10.6. The summed E-state index contributed by atoms with van der Waals surface area (Å²) in [5.74, 6) is -0.450. The number of fused-ring (bicyclic) bond motifs is 1. The van der Waals surface area contributed by atoms with E-state index in [4.69, 9.17) is 14.7 Å². The Balaban J connectivity index is 2.20. The third-order valence-electron chi connectivity index (χ3n) is 4.81. The number of amides is 3. The lowest BCUT2D eigenvalue weighted by atomic mass is 9.93. The maximum Gasteiger partial charge on any atom is 0.411 e. The summed E-state index contributed by atoms with van der Waals surface area (Å²) in [4.78, 5) is 38.4. The number of carbonyl (C=O) groups excluding carboxylic acids is 3. The standard InChI is InChI=1S/C22H33N3O6/c1-5-6-7-10-23-20(27)18-12-15-8-9-17(30-14-19(26)24-29)11-16(15)13-25(18)21(28)31-22(2,3)4/h8-9,11,18,29H,5-7,10,12-14H2,1-4H3,(H,23,27)(H,24,26)/t18-/m0/s1. The maximum atomic E-state index is 12.9. The topological polar surface area (TPSA) is 117 Å². The molecule has 0 unspecified atom stereocenters. The van der Waals surface area contributed by atoms with Crippen LogP contribution in [0.15, 0.2) is 18.2 Å². The highest BCUT2D eigenvalue weighted by Gasteiger charge is 2.37. The molecule has 3 N–H and O–H groups in total. The lowest BCUT2D eigenvalue weighted by molar-refractivity contribution is -0.131. The predicted octanol–water partition coefficient (Wildman–Crippen LogP) is 2.54. The molecule has 1 aliphatic rings. The number of hydrogen-bond acceptors (Lipinski definition) is 6. The molecular weight excluding hydrogens is 402 g/mol. The number of hydroxylamine groups is 1.